The zero-order valence-corrected chi connectivity index (χ0v) is 16.1. The van der Waals surface area contributed by atoms with Crippen molar-refractivity contribution < 1.29 is 19.1 Å². The van der Waals surface area contributed by atoms with Gasteiger partial charge < -0.3 is 10.1 Å². The van der Waals surface area contributed by atoms with Crippen LogP contribution < -0.4 is 5.32 Å². The van der Waals surface area contributed by atoms with Crippen molar-refractivity contribution in [1.29, 1.82) is 0 Å². The molecule has 0 fully saturated rings. The van der Waals surface area contributed by atoms with E-state index >= 15 is 0 Å². The third-order valence-corrected chi connectivity index (χ3v) is 5.86. The van der Waals surface area contributed by atoms with Crippen LogP contribution in [0.2, 0.25) is 0 Å². The zero-order chi connectivity index (χ0) is 19.2. The van der Waals surface area contributed by atoms with Crippen LogP contribution in [0.3, 0.4) is 0 Å². The minimum atomic E-state index is -0.616. The van der Waals surface area contributed by atoms with Crippen LogP contribution in [0.25, 0.3) is 0 Å². The molecule has 0 aliphatic rings. The first-order chi connectivity index (χ1) is 13.0. The van der Waals surface area contributed by atoms with E-state index in [4.69, 9.17) is 4.74 Å². The predicted octanol–water partition coefficient (Wildman–Crippen LogP) is 4.07. The van der Waals surface area contributed by atoms with E-state index in [0.717, 1.165) is 21.8 Å². The van der Waals surface area contributed by atoms with Crippen molar-refractivity contribution in [1.82, 2.24) is 5.32 Å². The molecule has 0 radical (unpaired) electrons. The second-order valence-corrected chi connectivity index (χ2v) is 7.79. The largest absolute Gasteiger partial charge is 0.451 e. The van der Waals surface area contributed by atoms with Gasteiger partial charge in [0.25, 0.3) is 5.91 Å². The van der Waals surface area contributed by atoms with Gasteiger partial charge in [-0.25, -0.2) is 4.79 Å². The Kier molecular flexibility index (Phi) is 6.16. The highest BCUT2D eigenvalue weighted by atomic mass is 32.1. The summed E-state index contributed by atoms with van der Waals surface area (Å²) in [5.41, 5.74) is 0.948. The van der Waals surface area contributed by atoms with Crippen molar-refractivity contribution in [2.45, 2.75) is 13.0 Å². The fourth-order valence-electron chi connectivity index (χ4n) is 2.46. The van der Waals surface area contributed by atoms with Gasteiger partial charge in [-0.2, -0.15) is 0 Å². The Morgan fingerprint density at radius 3 is 2.37 bits per heavy atom. The van der Waals surface area contributed by atoms with Crippen molar-refractivity contribution in [3.63, 3.8) is 0 Å². The van der Waals surface area contributed by atoms with Crippen molar-refractivity contribution in [2.24, 2.45) is 0 Å². The fraction of sp³-hybridized carbons (Fsp3) is 0.150. The number of rotatable bonds is 7. The van der Waals surface area contributed by atoms with Crippen LogP contribution in [0.5, 0.6) is 0 Å². The minimum absolute atomic E-state index is 0.113. The molecule has 5 nitrogen and oxygen atoms in total. The van der Waals surface area contributed by atoms with Crippen molar-refractivity contribution in [3.05, 3.63) is 80.2 Å². The summed E-state index contributed by atoms with van der Waals surface area (Å²) in [7, 11) is 0. The molecule has 0 aliphatic heterocycles. The number of amides is 1. The fourth-order valence-corrected chi connectivity index (χ4v) is 4.06. The molecule has 1 N–H and O–H groups in total. The lowest BCUT2D eigenvalue weighted by atomic mass is 10.1. The van der Waals surface area contributed by atoms with Gasteiger partial charge in [-0.3, -0.25) is 9.59 Å². The molecular formula is C20H17NO4S2. The number of benzene rings is 1. The number of carbonyl (C=O) groups is 3. The van der Waals surface area contributed by atoms with E-state index in [1.165, 1.54) is 13.0 Å². The average Bonchev–Trinajstić information content (AvgIpc) is 3.36. The summed E-state index contributed by atoms with van der Waals surface area (Å²) in [5, 5.41) is 4.85. The second kappa shape index (κ2) is 8.75. The molecule has 0 bridgehead atoms. The lowest BCUT2D eigenvalue weighted by Crippen LogP contribution is -2.32. The van der Waals surface area contributed by atoms with Gasteiger partial charge in [-0.05, 0) is 36.1 Å². The summed E-state index contributed by atoms with van der Waals surface area (Å²) in [6, 6.07) is 16.3. The number of nitrogens with one attached hydrogen (secondary N) is 1. The number of hydrogen-bond acceptors (Lipinski definition) is 6. The maximum atomic E-state index is 12.3. The predicted molar refractivity (Wildman–Crippen MR) is 105 cm³/mol. The molecule has 1 unspecified atom stereocenters. The zero-order valence-electron chi connectivity index (χ0n) is 14.5. The molecule has 3 aromatic rings. The highest BCUT2D eigenvalue weighted by Crippen LogP contribution is 2.26. The molecule has 1 atom stereocenters. The standard InChI is InChI=1S/C20H17NO4S2/c1-13(22)15-9-10-17(27-15)20(24)25-12-18(23)21-19(16-8-5-11-26-16)14-6-3-2-4-7-14/h2-11,19H,12H2,1H3,(H,21,23). The first kappa shape index (κ1) is 19.0. The van der Waals surface area contributed by atoms with Gasteiger partial charge in [0.1, 0.15) is 4.88 Å². The number of esters is 1. The highest BCUT2D eigenvalue weighted by molar-refractivity contribution is 7.15. The van der Waals surface area contributed by atoms with Crippen LogP contribution in [0.15, 0.2) is 60.0 Å². The van der Waals surface area contributed by atoms with Crippen molar-refractivity contribution >= 4 is 40.3 Å². The molecule has 0 saturated heterocycles. The Labute approximate surface area is 164 Å². The number of Topliss-reactive ketones (excluding diaryl/α,β-unsaturated/α-hetero) is 1. The van der Waals surface area contributed by atoms with E-state index in [2.05, 4.69) is 5.32 Å². The molecular weight excluding hydrogens is 382 g/mol. The van der Waals surface area contributed by atoms with Gasteiger partial charge in [0.15, 0.2) is 12.4 Å². The average molecular weight is 399 g/mol. The molecule has 27 heavy (non-hydrogen) atoms. The van der Waals surface area contributed by atoms with Crippen molar-refractivity contribution in [2.75, 3.05) is 6.61 Å². The summed E-state index contributed by atoms with van der Waals surface area (Å²) in [6.07, 6.45) is 0. The summed E-state index contributed by atoms with van der Waals surface area (Å²) in [4.78, 5) is 37.5. The molecule has 1 aromatic carbocycles. The molecule has 0 spiro atoms. The lowest BCUT2D eigenvalue weighted by molar-refractivity contribution is -0.124. The van der Waals surface area contributed by atoms with Crippen LogP contribution in [0, 0.1) is 0 Å². The lowest BCUT2D eigenvalue weighted by Gasteiger charge is -2.18. The van der Waals surface area contributed by atoms with Crippen LogP contribution in [-0.2, 0) is 9.53 Å². The molecule has 7 heteroatoms. The monoisotopic (exact) mass is 399 g/mol. The number of carbonyl (C=O) groups excluding carboxylic acids is 3. The molecule has 3 rings (SSSR count). The Hall–Kier alpha value is -2.77. The summed E-state index contributed by atoms with van der Waals surface area (Å²) < 4.78 is 5.09. The summed E-state index contributed by atoms with van der Waals surface area (Å²) >= 11 is 2.60. The number of thiophene rings is 2. The van der Waals surface area contributed by atoms with E-state index in [9.17, 15) is 14.4 Å². The van der Waals surface area contributed by atoms with Gasteiger partial charge >= 0.3 is 5.97 Å². The smallest absolute Gasteiger partial charge is 0.348 e. The number of hydrogen-bond donors (Lipinski definition) is 1. The molecule has 0 saturated carbocycles. The molecule has 0 aliphatic carbocycles. The first-order valence-electron chi connectivity index (χ1n) is 8.20. The molecule has 2 heterocycles. The Balaban J connectivity index is 1.62. The first-order valence-corrected chi connectivity index (χ1v) is 9.90. The van der Waals surface area contributed by atoms with E-state index in [1.54, 1.807) is 17.4 Å². The van der Waals surface area contributed by atoms with E-state index in [-0.39, 0.29) is 18.4 Å². The van der Waals surface area contributed by atoms with E-state index in [1.807, 2.05) is 47.8 Å². The van der Waals surface area contributed by atoms with Gasteiger partial charge in [0.05, 0.1) is 10.9 Å². The third-order valence-electron chi connectivity index (χ3n) is 3.75. The van der Waals surface area contributed by atoms with Crippen LogP contribution >= 0.6 is 22.7 Å². The topological polar surface area (TPSA) is 72.5 Å². The van der Waals surface area contributed by atoms with Crippen LogP contribution in [0.1, 0.15) is 42.7 Å². The molecule has 2 aromatic heterocycles. The Morgan fingerprint density at radius 2 is 1.74 bits per heavy atom. The van der Waals surface area contributed by atoms with Gasteiger partial charge in [0, 0.05) is 4.88 Å². The van der Waals surface area contributed by atoms with E-state index in [0.29, 0.717) is 9.75 Å². The van der Waals surface area contributed by atoms with Crippen LogP contribution in [-0.4, -0.2) is 24.3 Å². The second-order valence-electron chi connectivity index (χ2n) is 5.72. The number of ketones is 1. The number of ether oxygens (including phenoxy) is 1. The summed E-state index contributed by atoms with van der Waals surface area (Å²) in [6.45, 7) is 1.05. The molecule has 1 amide bonds. The van der Waals surface area contributed by atoms with Gasteiger partial charge in [-0.15, -0.1) is 22.7 Å². The van der Waals surface area contributed by atoms with Gasteiger partial charge in [0.2, 0.25) is 0 Å². The summed E-state index contributed by atoms with van der Waals surface area (Å²) in [5.74, 6) is -1.12. The Bertz CT molecular complexity index is 932. The van der Waals surface area contributed by atoms with E-state index < -0.39 is 11.9 Å². The molecule has 138 valence electrons. The Morgan fingerprint density at radius 1 is 1.00 bits per heavy atom. The van der Waals surface area contributed by atoms with Crippen LogP contribution in [0.4, 0.5) is 0 Å². The normalized spacial score (nSPS) is 11.6. The third kappa shape index (κ3) is 4.90. The van der Waals surface area contributed by atoms with Gasteiger partial charge in [-0.1, -0.05) is 36.4 Å². The maximum absolute atomic E-state index is 12.3. The minimum Gasteiger partial charge on any atom is -0.451 e. The highest BCUT2D eigenvalue weighted by Gasteiger charge is 2.19. The SMILES string of the molecule is CC(=O)c1ccc(C(=O)OCC(=O)NC(c2ccccc2)c2cccs2)s1. The quantitative estimate of drug-likeness (QED) is 0.480. The van der Waals surface area contributed by atoms with Crippen molar-refractivity contribution in [3.8, 4) is 0 Å². The maximum Gasteiger partial charge on any atom is 0.348 e.